The van der Waals surface area contributed by atoms with Crippen LogP contribution in [0.1, 0.15) is 21.7 Å². The highest BCUT2D eigenvalue weighted by Crippen LogP contribution is 2.21. The van der Waals surface area contributed by atoms with E-state index in [0.717, 1.165) is 11.4 Å². The van der Waals surface area contributed by atoms with Gasteiger partial charge >= 0.3 is 0 Å². The molecule has 1 amide bonds. The number of carbonyl (C=O) groups is 1. The average Bonchev–Trinajstić information content (AvgIpc) is 3.32. The van der Waals surface area contributed by atoms with E-state index in [1.807, 2.05) is 6.07 Å². The molecule has 1 aromatic carbocycles. The molecule has 4 rings (SSSR count). The molecule has 0 saturated carbocycles. The zero-order valence-corrected chi connectivity index (χ0v) is 19.1. The summed E-state index contributed by atoms with van der Waals surface area (Å²) in [4.78, 5) is 21.4. The quantitative estimate of drug-likeness (QED) is 0.589. The highest BCUT2D eigenvalue weighted by atomic mass is 35.5. The summed E-state index contributed by atoms with van der Waals surface area (Å²) in [5.74, 6) is 1.13. The lowest BCUT2D eigenvalue weighted by Gasteiger charge is -2.35. The van der Waals surface area contributed by atoms with Crippen molar-refractivity contribution < 1.29 is 17.6 Å². The van der Waals surface area contributed by atoms with Crippen LogP contribution < -0.4 is 9.62 Å². The van der Waals surface area contributed by atoms with Crippen LogP contribution in [0.25, 0.3) is 0 Å². The fourth-order valence-corrected chi connectivity index (χ4v) is 4.66. The van der Waals surface area contributed by atoms with Crippen LogP contribution in [0.3, 0.4) is 0 Å². The van der Waals surface area contributed by atoms with Gasteiger partial charge in [0, 0.05) is 37.9 Å². The summed E-state index contributed by atoms with van der Waals surface area (Å²) in [6, 6.07) is 11.6. The molecule has 2 aromatic heterocycles. The summed E-state index contributed by atoms with van der Waals surface area (Å²) in [6.07, 6.45) is 3.08. The Morgan fingerprint density at radius 1 is 1.16 bits per heavy atom. The maximum absolute atomic E-state index is 13.2. The van der Waals surface area contributed by atoms with Gasteiger partial charge in [-0.05, 0) is 48.9 Å². The van der Waals surface area contributed by atoms with E-state index in [9.17, 15) is 13.2 Å². The van der Waals surface area contributed by atoms with Gasteiger partial charge in [0.05, 0.1) is 22.7 Å². The topological polar surface area (TPSA) is 95.7 Å². The molecular weight excluding hydrogens is 452 g/mol. The van der Waals surface area contributed by atoms with Crippen molar-refractivity contribution in [1.82, 2.24) is 14.6 Å². The van der Waals surface area contributed by atoms with Gasteiger partial charge < -0.3 is 14.2 Å². The minimum Gasteiger partial charge on any atom is -0.468 e. The first-order valence-electron chi connectivity index (χ1n) is 10.1. The number of rotatable bonds is 6. The molecule has 0 atom stereocenters. The highest BCUT2D eigenvalue weighted by Gasteiger charge is 2.25. The van der Waals surface area contributed by atoms with Crippen LogP contribution in [0.5, 0.6) is 0 Å². The number of hydrogen-bond donors (Lipinski definition) is 1. The van der Waals surface area contributed by atoms with Gasteiger partial charge in [-0.25, -0.2) is 18.1 Å². The Balaban J connectivity index is 1.45. The van der Waals surface area contributed by atoms with E-state index in [-0.39, 0.29) is 17.3 Å². The molecule has 1 aliphatic rings. The van der Waals surface area contributed by atoms with Crippen LogP contribution in [-0.4, -0.2) is 50.4 Å². The smallest absolute Gasteiger partial charge is 0.254 e. The summed E-state index contributed by atoms with van der Waals surface area (Å²) < 4.78 is 33.1. The molecular formula is C22H23ClN4O4S. The molecule has 10 heteroatoms. The maximum atomic E-state index is 13.2. The third-order valence-corrected chi connectivity index (χ3v) is 6.99. The standard InChI is InChI=1S/C22H23ClN4O4S/c1-16-4-6-19(32(29,30)25-15-18-3-2-12-31-18)13-20(16)22(28)27-10-8-26(9-11-27)21-7-5-17(23)14-24-21/h2-7,12-14,25H,8-11,15H2,1H3. The Morgan fingerprint density at radius 3 is 2.59 bits per heavy atom. The van der Waals surface area contributed by atoms with Crippen LogP contribution in [-0.2, 0) is 16.6 Å². The number of piperazine rings is 1. The zero-order valence-electron chi connectivity index (χ0n) is 17.5. The van der Waals surface area contributed by atoms with Gasteiger partial charge in [-0.3, -0.25) is 4.79 Å². The fourth-order valence-electron chi connectivity index (χ4n) is 3.53. The number of carbonyl (C=O) groups excluding carboxylic acids is 1. The summed E-state index contributed by atoms with van der Waals surface area (Å²) in [7, 11) is -3.80. The molecule has 1 saturated heterocycles. The summed E-state index contributed by atoms with van der Waals surface area (Å²) >= 11 is 5.90. The Hall–Kier alpha value is -2.88. The Labute approximate surface area is 191 Å². The number of nitrogens with zero attached hydrogens (tertiary/aromatic N) is 3. The molecule has 32 heavy (non-hydrogen) atoms. The van der Waals surface area contributed by atoms with Crippen molar-refractivity contribution in [2.75, 3.05) is 31.1 Å². The van der Waals surface area contributed by atoms with Gasteiger partial charge in [0.25, 0.3) is 5.91 Å². The van der Waals surface area contributed by atoms with Crippen LogP contribution in [0.15, 0.2) is 64.2 Å². The number of sulfonamides is 1. The molecule has 168 valence electrons. The number of anilines is 1. The number of nitrogens with one attached hydrogen (secondary N) is 1. The van der Waals surface area contributed by atoms with Crippen LogP contribution in [0.2, 0.25) is 5.02 Å². The second-order valence-corrected chi connectivity index (χ2v) is 9.70. The predicted molar refractivity (Wildman–Crippen MR) is 121 cm³/mol. The second-order valence-electron chi connectivity index (χ2n) is 7.49. The van der Waals surface area contributed by atoms with E-state index in [0.29, 0.717) is 42.5 Å². The van der Waals surface area contributed by atoms with Gasteiger partial charge in [-0.2, -0.15) is 0 Å². The number of aryl methyl sites for hydroxylation is 1. The number of hydrogen-bond acceptors (Lipinski definition) is 6. The van der Waals surface area contributed by atoms with E-state index >= 15 is 0 Å². The van der Waals surface area contributed by atoms with Crippen molar-refractivity contribution in [2.24, 2.45) is 0 Å². The molecule has 1 fully saturated rings. The lowest BCUT2D eigenvalue weighted by atomic mass is 10.1. The predicted octanol–water partition coefficient (Wildman–Crippen LogP) is 3.08. The fraction of sp³-hybridized carbons (Fsp3) is 0.273. The van der Waals surface area contributed by atoms with E-state index in [2.05, 4.69) is 14.6 Å². The van der Waals surface area contributed by atoms with Crippen molar-refractivity contribution >= 4 is 33.3 Å². The van der Waals surface area contributed by atoms with E-state index < -0.39 is 10.0 Å². The Morgan fingerprint density at radius 2 is 1.94 bits per heavy atom. The third-order valence-electron chi connectivity index (χ3n) is 5.37. The third kappa shape index (κ3) is 4.95. The first kappa shape index (κ1) is 22.3. The molecule has 0 unspecified atom stereocenters. The van der Waals surface area contributed by atoms with Crippen molar-refractivity contribution in [3.63, 3.8) is 0 Å². The highest BCUT2D eigenvalue weighted by molar-refractivity contribution is 7.89. The number of pyridine rings is 1. The molecule has 0 aliphatic carbocycles. The van der Waals surface area contributed by atoms with E-state index in [1.165, 1.54) is 18.4 Å². The molecule has 0 spiro atoms. The molecule has 8 nitrogen and oxygen atoms in total. The van der Waals surface area contributed by atoms with Crippen LogP contribution >= 0.6 is 11.6 Å². The van der Waals surface area contributed by atoms with Crippen LogP contribution in [0.4, 0.5) is 5.82 Å². The monoisotopic (exact) mass is 474 g/mol. The SMILES string of the molecule is Cc1ccc(S(=O)(=O)NCc2ccco2)cc1C(=O)N1CCN(c2ccc(Cl)cn2)CC1. The lowest BCUT2D eigenvalue weighted by Crippen LogP contribution is -2.49. The van der Waals surface area contributed by atoms with Crippen molar-refractivity contribution in [3.8, 4) is 0 Å². The Bertz CT molecular complexity index is 1190. The Kier molecular flexibility index (Phi) is 6.50. The molecule has 0 radical (unpaired) electrons. The minimum atomic E-state index is -3.80. The summed E-state index contributed by atoms with van der Waals surface area (Å²) in [5.41, 5.74) is 1.10. The maximum Gasteiger partial charge on any atom is 0.254 e. The first-order chi connectivity index (χ1) is 15.3. The number of amides is 1. The largest absolute Gasteiger partial charge is 0.468 e. The molecule has 3 heterocycles. The van der Waals surface area contributed by atoms with Gasteiger partial charge in [0.2, 0.25) is 10.0 Å². The molecule has 1 N–H and O–H groups in total. The van der Waals surface area contributed by atoms with Crippen molar-refractivity contribution in [2.45, 2.75) is 18.4 Å². The number of aromatic nitrogens is 1. The van der Waals surface area contributed by atoms with Gasteiger partial charge in [0.1, 0.15) is 11.6 Å². The van der Waals surface area contributed by atoms with Crippen molar-refractivity contribution in [1.29, 1.82) is 0 Å². The van der Waals surface area contributed by atoms with E-state index in [4.69, 9.17) is 16.0 Å². The molecule has 1 aliphatic heterocycles. The minimum absolute atomic E-state index is 0.0349. The van der Waals surface area contributed by atoms with Gasteiger partial charge in [-0.1, -0.05) is 17.7 Å². The second kappa shape index (κ2) is 9.32. The summed E-state index contributed by atoms with van der Waals surface area (Å²) in [6.45, 7) is 4.11. The normalized spacial score (nSPS) is 14.6. The van der Waals surface area contributed by atoms with Crippen molar-refractivity contribution in [3.05, 3.63) is 76.8 Å². The number of halogens is 1. The molecule has 3 aromatic rings. The van der Waals surface area contributed by atoms with Crippen LogP contribution in [0, 0.1) is 6.92 Å². The van der Waals surface area contributed by atoms with Gasteiger partial charge in [-0.15, -0.1) is 0 Å². The van der Waals surface area contributed by atoms with Gasteiger partial charge in [0.15, 0.2) is 0 Å². The number of furan rings is 1. The average molecular weight is 475 g/mol. The zero-order chi connectivity index (χ0) is 22.7. The first-order valence-corrected chi connectivity index (χ1v) is 12.0. The molecule has 0 bridgehead atoms. The summed E-state index contributed by atoms with van der Waals surface area (Å²) in [5, 5.41) is 0.575. The number of benzene rings is 1. The van der Waals surface area contributed by atoms with E-state index in [1.54, 1.807) is 42.3 Å². The lowest BCUT2D eigenvalue weighted by molar-refractivity contribution is 0.0745.